The van der Waals surface area contributed by atoms with Crippen LogP contribution in [0.5, 0.6) is 5.75 Å². The molecule has 0 amide bonds. The zero-order valence-corrected chi connectivity index (χ0v) is 14.3. The molecule has 25 heavy (non-hydrogen) atoms. The molecule has 0 radical (unpaired) electrons. The summed E-state index contributed by atoms with van der Waals surface area (Å²) in [5, 5.41) is 10.4. The maximum atomic E-state index is 12.8. The second-order valence-corrected chi connectivity index (χ2v) is 6.66. The van der Waals surface area contributed by atoms with Crippen LogP contribution in [0.15, 0.2) is 54.6 Å². The molecule has 0 spiro atoms. The molecule has 1 aliphatic heterocycles. The van der Waals surface area contributed by atoms with Gasteiger partial charge in [-0.2, -0.15) is 0 Å². The molecule has 1 saturated heterocycles. The molecular formula is C21H25FO3. The normalized spacial score (nSPS) is 21.7. The SMILES string of the molecule is OC(Cc1ccccc1)C1CCC(CCOc2ccc(F)cc2)CO1. The molecule has 2 aromatic carbocycles. The largest absolute Gasteiger partial charge is 0.494 e. The van der Waals surface area contributed by atoms with Crippen LogP contribution in [0, 0.1) is 11.7 Å². The molecule has 2 aromatic rings. The molecule has 1 N–H and O–H groups in total. The summed E-state index contributed by atoms with van der Waals surface area (Å²) in [6.45, 7) is 1.25. The van der Waals surface area contributed by atoms with E-state index in [9.17, 15) is 9.50 Å². The van der Waals surface area contributed by atoms with Crippen molar-refractivity contribution in [2.45, 2.75) is 37.9 Å². The maximum absolute atomic E-state index is 12.8. The highest BCUT2D eigenvalue weighted by Crippen LogP contribution is 2.25. The van der Waals surface area contributed by atoms with E-state index in [0.29, 0.717) is 31.3 Å². The second-order valence-electron chi connectivity index (χ2n) is 6.66. The molecule has 4 heteroatoms. The van der Waals surface area contributed by atoms with E-state index in [0.717, 1.165) is 24.8 Å². The van der Waals surface area contributed by atoms with Gasteiger partial charge in [0.2, 0.25) is 0 Å². The van der Waals surface area contributed by atoms with Gasteiger partial charge in [0, 0.05) is 6.42 Å². The fraction of sp³-hybridized carbons (Fsp3) is 0.429. The maximum Gasteiger partial charge on any atom is 0.123 e. The van der Waals surface area contributed by atoms with Crippen molar-refractivity contribution >= 4 is 0 Å². The monoisotopic (exact) mass is 344 g/mol. The van der Waals surface area contributed by atoms with Gasteiger partial charge in [-0.3, -0.25) is 0 Å². The summed E-state index contributed by atoms with van der Waals surface area (Å²) in [6, 6.07) is 16.1. The number of hydrogen-bond donors (Lipinski definition) is 1. The highest BCUT2D eigenvalue weighted by molar-refractivity contribution is 5.22. The topological polar surface area (TPSA) is 38.7 Å². The van der Waals surface area contributed by atoms with Crippen molar-refractivity contribution in [1.82, 2.24) is 0 Å². The van der Waals surface area contributed by atoms with Crippen molar-refractivity contribution < 1.29 is 19.0 Å². The first-order valence-corrected chi connectivity index (χ1v) is 8.92. The molecule has 0 aliphatic carbocycles. The van der Waals surface area contributed by atoms with E-state index in [-0.39, 0.29) is 11.9 Å². The van der Waals surface area contributed by atoms with Crippen LogP contribution in [0.1, 0.15) is 24.8 Å². The molecule has 134 valence electrons. The smallest absolute Gasteiger partial charge is 0.123 e. The summed E-state index contributed by atoms with van der Waals surface area (Å²) in [4.78, 5) is 0. The van der Waals surface area contributed by atoms with Gasteiger partial charge < -0.3 is 14.6 Å². The Hall–Kier alpha value is -1.91. The van der Waals surface area contributed by atoms with E-state index in [1.165, 1.54) is 12.1 Å². The summed E-state index contributed by atoms with van der Waals surface area (Å²) in [5.74, 6) is 0.878. The highest BCUT2D eigenvalue weighted by atomic mass is 19.1. The molecule has 3 unspecified atom stereocenters. The average Bonchev–Trinajstić information content (AvgIpc) is 2.65. The number of benzene rings is 2. The minimum atomic E-state index is -0.459. The molecule has 3 rings (SSSR count). The van der Waals surface area contributed by atoms with Crippen molar-refractivity contribution in [3.63, 3.8) is 0 Å². The van der Waals surface area contributed by atoms with Crippen molar-refractivity contribution in [2.24, 2.45) is 5.92 Å². The first kappa shape index (κ1) is 17.9. The Morgan fingerprint density at radius 1 is 1.08 bits per heavy atom. The van der Waals surface area contributed by atoms with Crippen molar-refractivity contribution in [3.8, 4) is 5.75 Å². The van der Waals surface area contributed by atoms with E-state index in [1.54, 1.807) is 12.1 Å². The van der Waals surface area contributed by atoms with Gasteiger partial charge in [-0.05, 0) is 55.0 Å². The van der Waals surface area contributed by atoms with Crippen molar-refractivity contribution in [3.05, 3.63) is 66.0 Å². The van der Waals surface area contributed by atoms with Crippen LogP contribution in [0.4, 0.5) is 4.39 Å². The van der Waals surface area contributed by atoms with Crippen LogP contribution in [-0.4, -0.2) is 30.5 Å². The Labute approximate surface area is 148 Å². The van der Waals surface area contributed by atoms with Gasteiger partial charge in [-0.25, -0.2) is 4.39 Å². The Balaban J connectivity index is 1.36. The lowest BCUT2D eigenvalue weighted by atomic mass is 9.92. The first-order chi connectivity index (χ1) is 12.2. The highest BCUT2D eigenvalue weighted by Gasteiger charge is 2.27. The average molecular weight is 344 g/mol. The molecule has 3 atom stereocenters. The summed E-state index contributed by atoms with van der Waals surface area (Å²) in [7, 11) is 0. The minimum Gasteiger partial charge on any atom is -0.494 e. The zero-order chi connectivity index (χ0) is 17.5. The quantitative estimate of drug-likeness (QED) is 0.825. The number of aliphatic hydroxyl groups is 1. The number of ether oxygens (including phenoxy) is 2. The molecule has 1 aliphatic rings. The molecule has 1 heterocycles. The Morgan fingerprint density at radius 3 is 2.52 bits per heavy atom. The number of hydrogen-bond acceptors (Lipinski definition) is 3. The number of aliphatic hydroxyl groups excluding tert-OH is 1. The van der Waals surface area contributed by atoms with Crippen LogP contribution in [0.25, 0.3) is 0 Å². The predicted molar refractivity (Wildman–Crippen MR) is 95.1 cm³/mol. The number of rotatable bonds is 7. The van der Waals surface area contributed by atoms with Crippen LogP contribution in [-0.2, 0) is 11.2 Å². The summed E-state index contributed by atoms with van der Waals surface area (Å²) in [5.41, 5.74) is 1.13. The molecule has 1 fully saturated rings. The van der Waals surface area contributed by atoms with Gasteiger partial charge >= 0.3 is 0 Å². The lowest BCUT2D eigenvalue weighted by molar-refractivity contribution is -0.0826. The first-order valence-electron chi connectivity index (χ1n) is 8.92. The molecular weight excluding hydrogens is 319 g/mol. The second kappa shape index (κ2) is 8.97. The third kappa shape index (κ3) is 5.55. The van der Waals surface area contributed by atoms with E-state index in [4.69, 9.17) is 9.47 Å². The van der Waals surface area contributed by atoms with Gasteiger partial charge in [0.05, 0.1) is 25.4 Å². The standard InChI is InChI=1S/C21H25FO3/c22-18-7-9-19(10-8-18)24-13-12-17-6-11-21(25-15-17)20(23)14-16-4-2-1-3-5-16/h1-5,7-10,17,20-21,23H,6,11-15H2. The van der Waals surface area contributed by atoms with Gasteiger partial charge in [-0.15, -0.1) is 0 Å². The summed E-state index contributed by atoms with van der Waals surface area (Å²) in [6.07, 6.45) is 2.88. The van der Waals surface area contributed by atoms with E-state index < -0.39 is 6.10 Å². The third-order valence-corrected chi connectivity index (χ3v) is 4.73. The Bertz CT molecular complexity index is 621. The minimum absolute atomic E-state index is 0.0885. The Morgan fingerprint density at radius 2 is 1.84 bits per heavy atom. The van der Waals surface area contributed by atoms with Crippen molar-refractivity contribution in [2.75, 3.05) is 13.2 Å². The molecule has 3 nitrogen and oxygen atoms in total. The molecule has 0 bridgehead atoms. The summed E-state index contributed by atoms with van der Waals surface area (Å²) >= 11 is 0. The molecule has 0 aromatic heterocycles. The van der Waals surface area contributed by atoms with Crippen molar-refractivity contribution in [1.29, 1.82) is 0 Å². The van der Waals surface area contributed by atoms with Crippen LogP contribution in [0.2, 0.25) is 0 Å². The van der Waals surface area contributed by atoms with E-state index in [1.807, 2.05) is 30.3 Å². The Kier molecular flexibility index (Phi) is 6.42. The van der Waals surface area contributed by atoms with E-state index in [2.05, 4.69) is 0 Å². The van der Waals surface area contributed by atoms with Gasteiger partial charge in [-0.1, -0.05) is 30.3 Å². The fourth-order valence-electron chi connectivity index (χ4n) is 3.22. The molecule has 0 saturated carbocycles. The number of halogens is 1. The van der Waals surface area contributed by atoms with Gasteiger partial charge in [0.25, 0.3) is 0 Å². The van der Waals surface area contributed by atoms with Gasteiger partial charge in [0.15, 0.2) is 0 Å². The van der Waals surface area contributed by atoms with Crippen LogP contribution >= 0.6 is 0 Å². The third-order valence-electron chi connectivity index (χ3n) is 4.73. The van der Waals surface area contributed by atoms with Crippen LogP contribution in [0.3, 0.4) is 0 Å². The zero-order valence-electron chi connectivity index (χ0n) is 14.3. The van der Waals surface area contributed by atoms with Gasteiger partial charge in [0.1, 0.15) is 11.6 Å². The summed E-state index contributed by atoms with van der Waals surface area (Å²) < 4.78 is 24.4. The lowest BCUT2D eigenvalue weighted by Crippen LogP contribution is -2.37. The van der Waals surface area contributed by atoms with Crippen LogP contribution < -0.4 is 4.74 Å². The predicted octanol–water partition coefficient (Wildman–Crippen LogP) is 3.99. The fourth-order valence-corrected chi connectivity index (χ4v) is 3.22. The van der Waals surface area contributed by atoms with E-state index >= 15 is 0 Å². The lowest BCUT2D eigenvalue weighted by Gasteiger charge is -2.32.